The van der Waals surface area contributed by atoms with Gasteiger partial charge in [0.25, 0.3) is 0 Å². The lowest BCUT2D eigenvalue weighted by Gasteiger charge is -2.33. The normalized spacial score (nSPS) is 13.5. The van der Waals surface area contributed by atoms with E-state index in [1.54, 1.807) is 7.11 Å². The standard InChI is InChI=1S/C11H24O/c1-7-10(2,3)8-11(4,5)9-12-6/h7-9H2,1-6H3. The summed E-state index contributed by atoms with van der Waals surface area (Å²) in [6.07, 6.45) is 2.46. The zero-order chi connectivity index (χ0) is 9.83. The zero-order valence-corrected chi connectivity index (χ0v) is 9.53. The fourth-order valence-corrected chi connectivity index (χ4v) is 1.86. The molecule has 0 heterocycles. The van der Waals surface area contributed by atoms with Crippen LogP contribution in [0.15, 0.2) is 0 Å². The molecule has 0 amide bonds. The van der Waals surface area contributed by atoms with Crippen LogP contribution < -0.4 is 0 Å². The summed E-state index contributed by atoms with van der Waals surface area (Å²) in [5.41, 5.74) is 0.760. The van der Waals surface area contributed by atoms with Crippen molar-refractivity contribution < 1.29 is 4.74 Å². The van der Waals surface area contributed by atoms with E-state index in [9.17, 15) is 0 Å². The van der Waals surface area contributed by atoms with Crippen LogP contribution in [0.2, 0.25) is 0 Å². The molecule has 0 spiro atoms. The predicted molar refractivity (Wildman–Crippen MR) is 54.3 cm³/mol. The molecular weight excluding hydrogens is 148 g/mol. The van der Waals surface area contributed by atoms with E-state index in [4.69, 9.17) is 4.74 Å². The van der Waals surface area contributed by atoms with Gasteiger partial charge in [-0.2, -0.15) is 0 Å². The van der Waals surface area contributed by atoms with Gasteiger partial charge in [0.2, 0.25) is 0 Å². The fraction of sp³-hybridized carbons (Fsp3) is 1.00. The van der Waals surface area contributed by atoms with Crippen LogP contribution in [0.3, 0.4) is 0 Å². The van der Waals surface area contributed by atoms with Crippen molar-refractivity contribution in [3.05, 3.63) is 0 Å². The largest absolute Gasteiger partial charge is 0.384 e. The molecule has 0 aliphatic rings. The van der Waals surface area contributed by atoms with Gasteiger partial charge in [-0.3, -0.25) is 0 Å². The third kappa shape index (κ3) is 4.76. The van der Waals surface area contributed by atoms with Crippen LogP contribution >= 0.6 is 0 Å². The lowest BCUT2D eigenvalue weighted by molar-refractivity contribution is 0.0666. The van der Waals surface area contributed by atoms with E-state index < -0.39 is 0 Å². The molecule has 0 aliphatic carbocycles. The van der Waals surface area contributed by atoms with Gasteiger partial charge in [-0.1, -0.05) is 41.0 Å². The van der Waals surface area contributed by atoms with Crippen molar-refractivity contribution in [2.24, 2.45) is 10.8 Å². The summed E-state index contributed by atoms with van der Waals surface area (Å²) in [7, 11) is 1.78. The van der Waals surface area contributed by atoms with Gasteiger partial charge in [0.1, 0.15) is 0 Å². The van der Waals surface area contributed by atoms with Crippen LogP contribution in [0.1, 0.15) is 47.5 Å². The van der Waals surface area contributed by atoms with Gasteiger partial charge < -0.3 is 4.74 Å². The molecule has 0 bridgehead atoms. The Labute approximate surface area is 77.5 Å². The molecule has 1 heteroatoms. The minimum Gasteiger partial charge on any atom is -0.384 e. The number of hydrogen-bond acceptors (Lipinski definition) is 1. The molecule has 74 valence electrons. The molecule has 0 aliphatic heterocycles. The van der Waals surface area contributed by atoms with Crippen molar-refractivity contribution >= 4 is 0 Å². The second-order valence-corrected chi connectivity index (χ2v) is 5.29. The van der Waals surface area contributed by atoms with Crippen molar-refractivity contribution in [1.29, 1.82) is 0 Å². The highest BCUT2D eigenvalue weighted by Gasteiger charge is 2.27. The minimum absolute atomic E-state index is 0.314. The average molecular weight is 172 g/mol. The molecule has 0 aromatic carbocycles. The minimum atomic E-state index is 0.314. The van der Waals surface area contributed by atoms with Crippen LogP contribution in [0.4, 0.5) is 0 Å². The Morgan fingerprint density at radius 3 is 1.83 bits per heavy atom. The topological polar surface area (TPSA) is 9.23 Å². The van der Waals surface area contributed by atoms with Gasteiger partial charge in [0.05, 0.1) is 6.61 Å². The van der Waals surface area contributed by atoms with Crippen LogP contribution in [0.5, 0.6) is 0 Å². The monoisotopic (exact) mass is 172 g/mol. The van der Waals surface area contributed by atoms with Gasteiger partial charge in [0, 0.05) is 7.11 Å². The number of ether oxygens (including phenoxy) is 1. The second kappa shape index (κ2) is 4.27. The summed E-state index contributed by atoms with van der Waals surface area (Å²) < 4.78 is 5.20. The first kappa shape index (κ1) is 12.0. The summed E-state index contributed by atoms with van der Waals surface area (Å²) in [6, 6.07) is 0. The maximum absolute atomic E-state index is 5.20. The first-order valence-electron chi connectivity index (χ1n) is 4.82. The number of rotatable bonds is 5. The molecule has 12 heavy (non-hydrogen) atoms. The summed E-state index contributed by atoms with van der Waals surface area (Å²) >= 11 is 0. The third-order valence-corrected chi connectivity index (χ3v) is 2.45. The number of methoxy groups -OCH3 is 1. The van der Waals surface area contributed by atoms with Crippen LogP contribution in [0, 0.1) is 10.8 Å². The summed E-state index contributed by atoms with van der Waals surface area (Å²) in [4.78, 5) is 0. The number of hydrogen-bond donors (Lipinski definition) is 0. The predicted octanol–water partition coefficient (Wildman–Crippen LogP) is 3.49. The lowest BCUT2D eigenvalue weighted by atomic mass is 9.74. The molecule has 0 saturated carbocycles. The van der Waals surface area contributed by atoms with Gasteiger partial charge in [-0.25, -0.2) is 0 Å². The summed E-state index contributed by atoms with van der Waals surface area (Å²) in [5.74, 6) is 0. The van der Waals surface area contributed by atoms with Crippen molar-refractivity contribution in [2.45, 2.75) is 47.5 Å². The quantitative estimate of drug-likeness (QED) is 0.617. The van der Waals surface area contributed by atoms with Gasteiger partial charge in [0.15, 0.2) is 0 Å². The Kier molecular flexibility index (Phi) is 4.25. The van der Waals surface area contributed by atoms with E-state index in [0.29, 0.717) is 10.8 Å². The molecule has 0 rings (SSSR count). The zero-order valence-electron chi connectivity index (χ0n) is 9.53. The van der Waals surface area contributed by atoms with Gasteiger partial charge in [-0.05, 0) is 17.3 Å². The van der Waals surface area contributed by atoms with Crippen LogP contribution in [-0.2, 0) is 4.74 Å². The molecule has 0 N–H and O–H groups in total. The summed E-state index contributed by atoms with van der Waals surface area (Å²) in [6.45, 7) is 12.3. The fourth-order valence-electron chi connectivity index (χ4n) is 1.86. The Morgan fingerprint density at radius 1 is 1.00 bits per heavy atom. The maximum atomic E-state index is 5.20. The van der Waals surface area contributed by atoms with Crippen molar-refractivity contribution in [3.63, 3.8) is 0 Å². The molecule has 0 saturated heterocycles. The maximum Gasteiger partial charge on any atom is 0.0513 e. The second-order valence-electron chi connectivity index (χ2n) is 5.29. The first-order valence-corrected chi connectivity index (χ1v) is 4.82. The van der Waals surface area contributed by atoms with E-state index in [-0.39, 0.29) is 0 Å². The molecular formula is C11H24O. The van der Waals surface area contributed by atoms with E-state index >= 15 is 0 Å². The van der Waals surface area contributed by atoms with E-state index in [0.717, 1.165) is 6.61 Å². The Hall–Kier alpha value is -0.0400. The molecule has 0 unspecified atom stereocenters. The molecule has 0 aromatic rings. The molecule has 0 aromatic heterocycles. The molecule has 1 nitrogen and oxygen atoms in total. The van der Waals surface area contributed by atoms with Gasteiger partial charge >= 0.3 is 0 Å². The average Bonchev–Trinajstić information content (AvgIpc) is 1.85. The SMILES string of the molecule is CCC(C)(C)CC(C)(C)COC. The van der Waals surface area contributed by atoms with Crippen LogP contribution in [-0.4, -0.2) is 13.7 Å². The molecule has 0 fully saturated rings. The summed E-state index contributed by atoms with van der Waals surface area (Å²) in [5, 5.41) is 0. The van der Waals surface area contributed by atoms with E-state index in [1.807, 2.05) is 0 Å². The highest BCUT2D eigenvalue weighted by atomic mass is 16.5. The van der Waals surface area contributed by atoms with Crippen LogP contribution in [0.25, 0.3) is 0 Å². The molecule has 0 radical (unpaired) electrons. The highest BCUT2D eigenvalue weighted by molar-refractivity contribution is 4.77. The highest BCUT2D eigenvalue weighted by Crippen LogP contribution is 2.35. The Bertz CT molecular complexity index is 125. The first-order chi connectivity index (χ1) is 5.33. The van der Waals surface area contributed by atoms with E-state index in [2.05, 4.69) is 34.6 Å². The smallest absolute Gasteiger partial charge is 0.0513 e. The van der Waals surface area contributed by atoms with Crippen molar-refractivity contribution in [3.8, 4) is 0 Å². The third-order valence-electron chi connectivity index (χ3n) is 2.45. The van der Waals surface area contributed by atoms with E-state index in [1.165, 1.54) is 12.8 Å². The molecule has 0 atom stereocenters. The Balaban J connectivity index is 4.04. The van der Waals surface area contributed by atoms with Crippen molar-refractivity contribution in [2.75, 3.05) is 13.7 Å². The van der Waals surface area contributed by atoms with Gasteiger partial charge in [-0.15, -0.1) is 0 Å². The Morgan fingerprint density at radius 2 is 1.50 bits per heavy atom. The lowest BCUT2D eigenvalue weighted by Crippen LogP contribution is -2.26. The van der Waals surface area contributed by atoms with Crippen molar-refractivity contribution in [1.82, 2.24) is 0 Å².